The predicted molar refractivity (Wildman–Crippen MR) is 108 cm³/mol. The zero-order chi connectivity index (χ0) is 19.9. The lowest BCUT2D eigenvalue weighted by Crippen LogP contribution is -2.50. The quantitative estimate of drug-likeness (QED) is 0.687. The lowest BCUT2D eigenvalue weighted by molar-refractivity contribution is -0.134. The molecule has 2 aliphatic rings. The number of hydrogen-bond acceptors (Lipinski definition) is 4. The number of nitrogens with zero attached hydrogens (tertiary/aromatic N) is 1. The van der Waals surface area contributed by atoms with E-state index in [4.69, 9.17) is 23.2 Å². The third-order valence-electron chi connectivity index (χ3n) is 5.06. The number of hydrogen-bond donors (Lipinski definition) is 2. The molecule has 0 bridgehead atoms. The molecular formula is C19H17Cl2N3O3S. The molecule has 9 heteroatoms. The van der Waals surface area contributed by atoms with E-state index in [0.29, 0.717) is 27.8 Å². The second-order valence-corrected chi connectivity index (χ2v) is 8.93. The van der Waals surface area contributed by atoms with Crippen LogP contribution >= 0.6 is 34.5 Å². The lowest BCUT2D eigenvalue weighted by atomic mass is 9.82. The van der Waals surface area contributed by atoms with Gasteiger partial charge in [0.1, 0.15) is 5.54 Å². The monoisotopic (exact) mass is 437 g/mol. The molecular weight excluding hydrogens is 421 g/mol. The molecule has 0 atom stereocenters. The van der Waals surface area contributed by atoms with Crippen molar-refractivity contribution in [3.63, 3.8) is 0 Å². The van der Waals surface area contributed by atoms with Crippen molar-refractivity contribution in [2.75, 3.05) is 0 Å². The first-order valence-electron chi connectivity index (χ1n) is 8.92. The van der Waals surface area contributed by atoms with Crippen LogP contribution < -0.4 is 10.7 Å². The normalized spacial score (nSPS) is 18.4. The van der Waals surface area contributed by atoms with Crippen LogP contribution in [0, 0.1) is 0 Å². The lowest BCUT2D eigenvalue weighted by Gasteiger charge is -2.30. The smallest absolute Gasteiger partial charge is 0.322 e. The zero-order valence-corrected chi connectivity index (χ0v) is 17.1. The minimum atomic E-state index is -0.874. The van der Waals surface area contributed by atoms with E-state index >= 15 is 0 Å². The highest BCUT2D eigenvalue weighted by molar-refractivity contribution is 7.17. The summed E-state index contributed by atoms with van der Waals surface area (Å²) in [7, 11) is 0. The molecule has 1 aromatic carbocycles. The van der Waals surface area contributed by atoms with E-state index in [9.17, 15) is 14.4 Å². The summed E-state index contributed by atoms with van der Waals surface area (Å²) in [6, 6.07) is 7.97. The van der Waals surface area contributed by atoms with Gasteiger partial charge in [0.25, 0.3) is 11.8 Å². The van der Waals surface area contributed by atoms with Crippen LogP contribution in [0.1, 0.15) is 41.8 Å². The van der Waals surface area contributed by atoms with Crippen molar-refractivity contribution < 1.29 is 14.4 Å². The zero-order valence-electron chi connectivity index (χ0n) is 14.8. The highest BCUT2D eigenvalue weighted by atomic mass is 35.5. The first kappa shape index (κ1) is 19.2. The first-order chi connectivity index (χ1) is 13.4. The predicted octanol–water partition coefficient (Wildman–Crippen LogP) is 4.62. The van der Waals surface area contributed by atoms with Gasteiger partial charge in [0, 0.05) is 14.9 Å². The van der Waals surface area contributed by atoms with Gasteiger partial charge < -0.3 is 5.32 Å². The number of thiophene rings is 1. The molecule has 2 fully saturated rings. The molecule has 1 saturated carbocycles. The topological polar surface area (TPSA) is 78.5 Å². The Morgan fingerprint density at radius 1 is 1.07 bits per heavy atom. The fourth-order valence-corrected chi connectivity index (χ4v) is 5.09. The summed E-state index contributed by atoms with van der Waals surface area (Å²) in [6.07, 6.45) is 4.00. The maximum Gasteiger partial charge on any atom is 0.344 e. The van der Waals surface area contributed by atoms with Gasteiger partial charge in [-0.3, -0.25) is 15.0 Å². The highest BCUT2D eigenvalue weighted by Crippen LogP contribution is 2.34. The molecule has 2 aromatic rings. The Bertz CT molecular complexity index is 949. The SMILES string of the molecule is O=C(NN1C(=O)NC2(CCCCC2)C1=O)c1ccc(-c2cc(Cl)cc(Cl)c2)s1. The first-order valence-corrected chi connectivity index (χ1v) is 10.5. The molecule has 4 amide bonds. The van der Waals surface area contributed by atoms with Gasteiger partial charge in [-0.05, 0) is 48.7 Å². The van der Waals surface area contributed by atoms with Crippen molar-refractivity contribution >= 4 is 52.4 Å². The Labute approximate surface area is 175 Å². The molecule has 1 spiro atoms. The van der Waals surface area contributed by atoms with Crippen LogP contribution in [0.15, 0.2) is 30.3 Å². The van der Waals surface area contributed by atoms with Crippen molar-refractivity contribution in [1.29, 1.82) is 0 Å². The van der Waals surface area contributed by atoms with E-state index in [0.717, 1.165) is 34.7 Å². The summed E-state index contributed by atoms with van der Waals surface area (Å²) in [5.41, 5.74) is 2.36. The van der Waals surface area contributed by atoms with Gasteiger partial charge in [-0.25, -0.2) is 4.79 Å². The van der Waals surface area contributed by atoms with Crippen molar-refractivity contribution in [3.05, 3.63) is 45.3 Å². The molecule has 4 rings (SSSR count). The van der Waals surface area contributed by atoms with Crippen LogP contribution in [-0.2, 0) is 4.79 Å². The Hall–Kier alpha value is -2.09. The van der Waals surface area contributed by atoms with E-state index in [1.807, 2.05) is 0 Å². The van der Waals surface area contributed by atoms with Gasteiger partial charge in [0.2, 0.25) is 0 Å². The van der Waals surface area contributed by atoms with Crippen LogP contribution in [0.25, 0.3) is 10.4 Å². The van der Waals surface area contributed by atoms with Crippen molar-refractivity contribution in [1.82, 2.24) is 15.8 Å². The molecule has 1 aliphatic heterocycles. The fourth-order valence-electron chi connectivity index (χ4n) is 3.68. The third-order valence-corrected chi connectivity index (χ3v) is 6.63. The summed E-state index contributed by atoms with van der Waals surface area (Å²) in [5, 5.41) is 4.57. The van der Waals surface area contributed by atoms with Gasteiger partial charge in [-0.15, -0.1) is 11.3 Å². The Morgan fingerprint density at radius 3 is 2.43 bits per heavy atom. The Kier molecular flexibility index (Phi) is 5.07. The minimum Gasteiger partial charge on any atom is -0.322 e. The van der Waals surface area contributed by atoms with Crippen molar-refractivity contribution in [2.45, 2.75) is 37.6 Å². The molecule has 2 N–H and O–H groups in total. The molecule has 0 unspecified atom stereocenters. The van der Waals surface area contributed by atoms with E-state index in [1.54, 1.807) is 30.3 Å². The largest absolute Gasteiger partial charge is 0.344 e. The molecule has 0 radical (unpaired) electrons. The van der Waals surface area contributed by atoms with Crippen LogP contribution in [0.3, 0.4) is 0 Å². The van der Waals surface area contributed by atoms with E-state index in [-0.39, 0.29) is 5.91 Å². The number of amides is 4. The second kappa shape index (κ2) is 7.39. The number of nitrogens with one attached hydrogen (secondary N) is 2. The molecule has 28 heavy (non-hydrogen) atoms. The number of hydrazine groups is 1. The second-order valence-electron chi connectivity index (χ2n) is 6.98. The molecule has 2 heterocycles. The Balaban J connectivity index is 1.51. The number of carbonyl (C=O) groups excluding carboxylic acids is 3. The van der Waals surface area contributed by atoms with Crippen LogP contribution in [0.2, 0.25) is 10.0 Å². The highest BCUT2D eigenvalue weighted by Gasteiger charge is 2.52. The van der Waals surface area contributed by atoms with Gasteiger partial charge in [-0.2, -0.15) is 5.01 Å². The third kappa shape index (κ3) is 3.50. The van der Waals surface area contributed by atoms with Gasteiger partial charge in [0.15, 0.2) is 0 Å². The molecule has 1 aromatic heterocycles. The number of benzene rings is 1. The van der Waals surface area contributed by atoms with Gasteiger partial charge in [0.05, 0.1) is 4.88 Å². The number of halogens is 2. The van der Waals surface area contributed by atoms with Gasteiger partial charge in [-0.1, -0.05) is 42.5 Å². The van der Waals surface area contributed by atoms with Crippen LogP contribution in [-0.4, -0.2) is 28.4 Å². The van der Waals surface area contributed by atoms with Crippen LogP contribution in [0.5, 0.6) is 0 Å². The summed E-state index contributed by atoms with van der Waals surface area (Å²) < 4.78 is 0. The summed E-state index contributed by atoms with van der Waals surface area (Å²) in [5.74, 6) is -0.898. The van der Waals surface area contributed by atoms with Gasteiger partial charge >= 0.3 is 6.03 Å². The average molecular weight is 438 g/mol. The minimum absolute atomic E-state index is 0.372. The fraction of sp³-hybridized carbons (Fsp3) is 0.316. The Morgan fingerprint density at radius 2 is 1.75 bits per heavy atom. The van der Waals surface area contributed by atoms with Crippen molar-refractivity contribution in [2.24, 2.45) is 0 Å². The van der Waals surface area contributed by atoms with Crippen LogP contribution in [0.4, 0.5) is 4.79 Å². The average Bonchev–Trinajstić information content (AvgIpc) is 3.22. The molecule has 1 aliphatic carbocycles. The number of carbonyl (C=O) groups is 3. The molecule has 146 valence electrons. The summed E-state index contributed by atoms with van der Waals surface area (Å²) in [6.45, 7) is 0. The number of urea groups is 1. The van der Waals surface area contributed by atoms with E-state index in [2.05, 4.69) is 10.7 Å². The number of imide groups is 1. The summed E-state index contributed by atoms with van der Waals surface area (Å²) >= 11 is 13.3. The van der Waals surface area contributed by atoms with E-state index in [1.165, 1.54) is 11.3 Å². The maximum atomic E-state index is 12.8. The van der Waals surface area contributed by atoms with Crippen molar-refractivity contribution in [3.8, 4) is 10.4 Å². The molecule has 6 nitrogen and oxygen atoms in total. The summed E-state index contributed by atoms with van der Waals surface area (Å²) in [4.78, 5) is 38.8. The van der Waals surface area contributed by atoms with E-state index < -0.39 is 17.5 Å². The maximum absolute atomic E-state index is 12.8. The standard InChI is InChI=1S/C19H17Cl2N3O3S/c20-12-8-11(9-13(21)10-12)14-4-5-15(28-14)16(25)23-24-17(26)19(22-18(24)27)6-2-1-3-7-19/h4-5,8-10H,1-3,6-7H2,(H,22,27)(H,23,25). The number of rotatable bonds is 3. The molecule has 1 saturated heterocycles.